The van der Waals surface area contributed by atoms with E-state index in [4.69, 9.17) is 16.3 Å². The summed E-state index contributed by atoms with van der Waals surface area (Å²) in [5, 5.41) is -0.110. The fourth-order valence-corrected chi connectivity index (χ4v) is 4.58. The molecule has 0 radical (unpaired) electrons. The van der Waals surface area contributed by atoms with Gasteiger partial charge in [-0.2, -0.15) is 0 Å². The third kappa shape index (κ3) is 4.45. The van der Waals surface area contributed by atoms with Crippen LogP contribution in [-0.2, 0) is 19.4 Å². The zero-order valence-electron chi connectivity index (χ0n) is 13.0. The molecule has 0 spiro atoms. The summed E-state index contributed by atoms with van der Waals surface area (Å²) < 4.78 is 40.9. The van der Waals surface area contributed by atoms with E-state index in [0.717, 1.165) is 12.1 Å². The maximum absolute atomic E-state index is 13.0. The number of ether oxygens (including phenoxy) is 1. The summed E-state index contributed by atoms with van der Waals surface area (Å²) in [5.41, 5.74) is -0.0441. The molecule has 0 saturated carbocycles. The number of rotatable bonds is 5. The number of amides is 1. The van der Waals surface area contributed by atoms with E-state index in [1.807, 2.05) is 0 Å². The molecule has 1 saturated heterocycles. The number of halogens is 2. The molecule has 6 nitrogen and oxygen atoms in total. The molecule has 0 N–H and O–H groups in total. The van der Waals surface area contributed by atoms with Crippen LogP contribution in [0.2, 0.25) is 5.02 Å². The lowest BCUT2D eigenvalue weighted by atomic mass is 10.2. The van der Waals surface area contributed by atoms with Crippen LogP contribution in [0, 0.1) is 5.82 Å². The Hall–Kier alpha value is -1.67. The molecule has 132 valence electrons. The van der Waals surface area contributed by atoms with Crippen molar-refractivity contribution in [2.24, 2.45) is 0 Å². The average Bonchev–Trinajstić information content (AvgIpc) is 2.85. The molecule has 1 aliphatic rings. The highest BCUT2D eigenvalue weighted by molar-refractivity contribution is 7.91. The summed E-state index contributed by atoms with van der Waals surface area (Å²) in [5.74, 6) is -1.95. The fourth-order valence-electron chi connectivity index (χ4n) is 2.60. The Bertz CT molecular complexity index is 752. The molecule has 1 amide bonds. The van der Waals surface area contributed by atoms with E-state index in [0.29, 0.717) is 13.0 Å². The number of benzene rings is 1. The van der Waals surface area contributed by atoms with Crippen LogP contribution in [0.3, 0.4) is 0 Å². The average molecular weight is 378 g/mol. The normalized spacial score (nSPS) is 19.0. The van der Waals surface area contributed by atoms with Crippen molar-refractivity contribution in [3.8, 4) is 0 Å². The summed E-state index contributed by atoms with van der Waals surface area (Å²) in [6.07, 6.45) is 0.375. The van der Waals surface area contributed by atoms with Crippen LogP contribution in [0.4, 0.5) is 4.39 Å². The lowest BCUT2D eigenvalue weighted by Crippen LogP contribution is -2.43. The first kappa shape index (κ1) is 18.7. The van der Waals surface area contributed by atoms with Gasteiger partial charge in [0.05, 0.1) is 22.1 Å². The predicted molar refractivity (Wildman–Crippen MR) is 86.1 cm³/mol. The van der Waals surface area contributed by atoms with Gasteiger partial charge in [0.2, 0.25) is 0 Å². The Morgan fingerprint density at radius 2 is 2.12 bits per heavy atom. The first-order chi connectivity index (χ1) is 11.2. The van der Waals surface area contributed by atoms with Crippen LogP contribution in [-0.4, -0.2) is 55.9 Å². The highest BCUT2D eigenvalue weighted by Crippen LogP contribution is 2.19. The number of hydrogen-bond donors (Lipinski definition) is 0. The number of hydrogen-bond acceptors (Lipinski definition) is 5. The number of esters is 1. The van der Waals surface area contributed by atoms with E-state index in [2.05, 4.69) is 0 Å². The zero-order valence-corrected chi connectivity index (χ0v) is 14.6. The van der Waals surface area contributed by atoms with E-state index >= 15 is 0 Å². The minimum atomic E-state index is -3.12. The molecule has 1 aromatic carbocycles. The Morgan fingerprint density at radius 1 is 1.42 bits per heavy atom. The van der Waals surface area contributed by atoms with Crippen molar-refractivity contribution in [3.05, 3.63) is 34.6 Å². The Labute approximate surface area is 144 Å². The lowest BCUT2D eigenvalue weighted by Gasteiger charge is -2.26. The van der Waals surface area contributed by atoms with Gasteiger partial charge in [0.25, 0.3) is 5.91 Å². The molecule has 1 aromatic rings. The maximum atomic E-state index is 13.0. The molecule has 2 rings (SSSR count). The largest absolute Gasteiger partial charge is 0.452 e. The topological polar surface area (TPSA) is 80.8 Å². The number of carbonyl (C=O) groups is 2. The zero-order chi connectivity index (χ0) is 17.9. The van der Waals surface area contributed by atoms with Gasteiger partial charge in [0.15, 0.2) is 16.4 Å². The summed E-state index contributed by atoms with van der Waals surface area (Å²) in [6.45, 7) is 1.51. The molecular formula is C15H17ClFNO5S. The van der Waals surface area contributed by atoms with Gasteiger partial charge in [-0.1, -0.05) is 11.6 Å². The van der Waals surface area contributed by atoms with Crippen molar-refractivity contribution in [1.29, 1.82) is 0 Å². The number of carbonyl (C=O) groups excluding carboxylic acids is 2. The summed E-state index contributed by atoms with van der Waals surface area (Å²) in [6, 6.07) is 2.81. The monoisotopic (exact) mass is 377 g/mol. The molecule has 1 atom stereocenters. The number of nitrogens with zero attached hydrogens (tertiary/aromatic N) is 1. The quantitative estimate of drug-likeness (QED) is 0.729. The molecule has 1 aliphatic heterocycles. The van der Waals surface area contributed by atoms with Gasteiger partial charge in [-0.15, -0.1) is 0 Å². The second-order valence-electron chi connectivity index (χ2n) is 5.44. The van der Waals surface area contributed by atoms with Gasteiger partial charge >= 0.3 is 5.97 Å². The number of likely N-dealkylation sites (N-methyl/N-ethyl adjacent to an activating group) is 1. The summed E-state index contributed by atoms with van der Waals surface area (Å²) in [7, 11) is -3.12. The molecule has 1 unspecified atom stereocenters. The molecule has 0 aromatic heterocycles. The van der Waals surface area contributed by atoms with Crippen LogP contribution in [0.1, 0.15) is 23.7 Å². The van der Waals surface area contributed by atoms with E-state index < -0.39 is 40.2 Å². The van der Waals surface area contributed by atoms with Gasteiger partial charge in [-0.25, -0.2) is 17.6 Å². The molecule has 24 heavy (non-hydrogen) atoms. The predicted octanol–water partition coefficient (Wildman–Crippen LogP) is 1.67. The maximum Gasteiger partial charge on any atom is 0.340 e. The highest BCUT2D eigenvalue weighted by atomic mass is 35.5. The van der Waals surface area contributed by atoms with Crippen molar-refractivity contribution < 1.29 is 27.1 Å². The second-order valence-corrected chi connectivity index (χ2v) is 8.07. The molecule has 1 heterocycles. The Kier molecular flexibility index (Phi) is 5.82. The van der Waals surface area contributed by atoms with E-state index in [1.54, 1.807) is 6.92 Å². The van der Waals surface area contributed by atoms with Crippen molar-refractivity contribution in [2.75, 3.05) is 24.7 Å². The molecule has 0 aliphatic carbocycles. The molecule has 0 bridgehead atoms. The number of sulfone groups is 1. The summed E-state index contributed by atoms with van der Waals surface area (Å²) in [4.78, 5) is 25.5. The van der Waals surface area contributed by atoms with E-state index in [9.17, 15) is 22.4 Å². The molecule has 1 fully saturated rings. The van der Waals surface area contributed by atoms with Crippen LogP contribution in [0.25, 0.3) is 0 Å². The summed E-state index contributed by atoms with van der Waals surface area (Å²) >= 11 is 5.76. The van der Waals surface area contributed by atoms with Gasteiger partial charge in [-0.3, -0.25) is 4.79 Å². The van der Waals surface area contributed by atoms with Crippen LogP contribution in [0.5, 0.6) is 0 Å². The Balaban J connectivity index is 1.97. The van der Waals surface area contributed by atoms with Gasteiger partial charge < -0.3 is 9.64 Å². The second kappa shape index (κ2) is 7.48. The SMILES string of the molecule is CCN(C(=O)COC(=O)c1ccc(F)cc1Cl)C1CCS(=O)(=O)C1. The smallest absolute Gasteiger partial charge is 0.340 e. The van der Waals surface area contributed by atoms with Crippen molar-refractivity contribution >= 4 is 33.3 Å². The highest BCUT2D eigenvalue weighted by Gasteiger charge is 2.34. The van der Waals surface area contributed by atoms with Gasteiger partial charge in [0.1, 0.15) is 5.82 Å². The standard InChI is InChI=1S/C15H17ClFNO5S/c1-2-18(11-5-6-24(21,22)9-11)14(19)8-23-15(20)12-4-3-10(17)7-13(12)16/h3-4,7,11H,2,5-6,8-9H2,1H3. The van der Waals surface area contributed by atoms with Crippen LogP contribution >= 0.6 is 11.6 Å². The van der Waals surface area contributed by atoms with Crippen molar-refractivity contribution in [3.63, 3.8) is 0 Å². The van der Waals surface area contributed by atoms with Crippen molar-refractivity contribution in [2.45, 2.75) is 19.4 Å². The first-order valence-corrected chi connectivity index (χ1v) is 9.55. The fraction of sp³-hybridized carbons (Fsp3) is 0.467. The first-order valence-electron chi connectivity index (χ1n) is 7.35. The van der Waals surface area contributed by atoms with Crippen LogP contribution in [0.15, 0.2) is 18.2 Å². The van der Waals surface area contributed by atoms with Crippen LogP contribution < -0.4 is 0 Å². The third-order valence-corrected chi connectivity index (χ3v) is 5.85. The van der Waals surface area contributed by atoms with Gasteiger partial charge in [0, 0.05) is 12.6 Å². The minimum Gasteiger partial charge on any atom is -0.452 e. The molecular weight excluding hydrogens is 361 g/mol. The Morgan fingerprint density at radius 3 is 2.67 bits per heavy atom. The van der Waals surface area contributed by atoms with Crippen molar-refractivity contribution in [1.82, 2.24) is 4.90 Å². The van der Waals surface area contributed by atoms with E-state index in [1.165, 1.54) is 11.0 Å². The third-order valence-electron chi connectivity index (χ3n) is 3.79. The van der Waals surface area contributed by atoms with Gasteiger partial charge in [-0.05, 0) is 31.5 Å². The lowest BCUT2D eigenvalue weighted by molar-refractivity contribution is -0.136. The molecule has 9 heteroatoms. The van der Waals surface area contributed by atoms with E-state index in [-0.39, 0.29) is 22.1 Å². The minimum absolute atomic E-state index is 0.0441.